The molecule has 4 nitrogen and oxygen atoms in total. The third kappa shape index (κ3) is 5.33. The zero-order chi connectivity index (χ0) is 17.0. The molecule has 1 aliphatic rings. The first-order valence-electron chi connectivity index (χ1n) is 7.51. The van der Waals surface area contributed by atoms with Gasteiger partial charge < -0.3 is 14.8 Å². The third-order valence-corrected chi connectivity index (χ3v) is 3.45. The van der Waals surface area contributed by atoms with Gasteiger partial charge in [-0.15, -0.1) is 0 Å². The van der Waals surface area contributed by atoms with Crippen molar-refractivity contribution in [3.05, 3.63) is 29.8 Å². The minimum absolute atomic E-state index is 0.0193. The Morgan fingerprint density at radius 1 is 1.26 bits per heavy atom. The molecule has 7 heteroatoms. The van der Waals surface area contributed by atoms with Crippen molar-refractivity contribution in [2.45, 2.75) is 45.0 Å². The standard InChI is InChI=1S/C16H20F3NO3/c1-10(2)9-22-15(21)20-12-7-14(8-12)23-13-5-3-11(4-6-13)16(17,18)19/h3-6,10,12,14H,7-9H2,1-2H3,(H,20,21). The predicted molar refractivity (Wildman–Crippen MR) is 78.2 cm³/mol. The molecule has 0 unspecified atom stereocenters. The second kappa shape index (κ2) is 7.10. The van der Waals surface area contributed by atoms with Crippen molar-refractivity contribution < 1.29 is 27.4 Å². The number of carbonyl (C=O) groups excluding carboxylic acids is 1. The maximum Gasteiger partial charge on any atom is 0.416 e. The quantitative estimate of drug-likeness (QED) is 0.887. The van der Waals surface area contributed by atoms with E-state index in [2.05, 4.69) is 5.32 Å². The number of alkyl carbamates (subject to hydrolysis) is 1. The molecule has 0 saturated heterocycles. The minimum atomic E-state index is -4.35. The number of rotatable bonds is 5. The maximum atomic E-state index is 12.5. The Morgan fingerprint density at radius 3 is 2.39 bits per heavy atom. The number of benzene rings is 1. The Kier molecular flexibility index (Phi) is 5.38. The van der Waals surface area contributed by atoms with Crippen molar-refractivity contribution in [3.8, 4) is 5.75 Å². The van der Waals surface area contributed by atoms with Crippen LogP contribution in [0.25, 0.3) is 0 Å². The fraction of sp³-hybridized carbons (Fsp3) is 0.562. The van der Waals surface area contributed by atoms with Crippen LogP contribution in [0.3, 0.4) is 0 Å². The average molecular weight is 331 g/mol. The Balaban J connectivity index is 1.71. The first kappa shape index (κ1) is 17.4. The van der Waals surface area contributed by atoms with Crippen LogP contribution in [0.1, 0.15) is 32.3 Å². The average Bonchev–Trinajstić information content (AvgIpc) is 2.42. The molecule has 1 saturated carbocycles. The maximum absolute atomic E-state index is 12.5. The summed E-state index contributed by atoms with van der Waals surface area (Å²) in [5, 5.41) is 2.73. The number of hydrogen-bond acceptors (Lipinski definition) is 3. The monoisotopic (exact) mass is 331 g/mol. The molecule has 128 valence electrons. The molecular formula is C16H20F3NO3. The molecule has 23 heavy (non-hydrogen) atoms. The highest BCUT2D eigenvalue weighted by Gasteiger charge is 2.33. The van der Waals surface area contributed by atoms with Crippen LogP contribution in [0.2, 0.25) is 0 Å². The van der Waals surface area contributed by atoms with Gasteiger partial charge in [0.2, 0.25) is 0 Å². The number of amides is 1. The summed E-state index contributed by atoms with van der Waals surface area (Å²) in [5.41, 5.74) is -0.703. The Hall–Kier alpha value is -1.92. The predicted octanol–water partition coefficient (Wildman–Crippen LogP) is 4.00. The van der Waals surface area contributed by atoms with E-state index in [0.717, 1.165) is 12.1 Å². The van der Waals surface area contributed by atoms with Crippen LogP contribution in [0.5, 0.6) is 5.75 Å². The van der Waals surface area contributed by atoms with Gasteiger partial charge in [-0.1, -0.05) is 13.8 Å². The minimum Gasteiger partial charge on any atom is -0.490 e. The van der Waals surface area contributed by atoms with Gasteiger partial charge in [0.1, 0.15) is 11.9 Å². The molecule has 0 heterocycles. The Bertz CT molecular complexity index is 522. The number of carbonyl (C=O) groups is 1. The lowest BCUT2D eigenvalue weighted by Crippen LogP contribution is -2.49. The van der Waals surface area contributed by atoms with Crippen LogP contribution in [-0.2, 0) is 10.9 Å². The van der Waals surface area contributed by atoms with Gasteiger partial charge in [0.05, 0.1) is 12.2 Å². The van der Waals surface area contributed by atoms with Gasteiger partial charge in [-0.2, -0.15) is 13.2 Å². The van der Waals surface area contributed by atoms with Crippen molar-refractivity contribution in [2.24, 2.45) is 5.92 Å². The zero-order valence-electron chi connectivity index (χ0n) is 13.0. The molecule has 0 aromatic heterocycles. The van der Waals surface area contributed by atoms with Crippen LogP contribution in [0.4, 0.5) is 18.0 Å². The molecule has 1 amide bonds. The molecule has 1 fully saturated rings. The lowest BCUT2D eigenvalue weighted by atomic mass is 9.89. The van der Waals surface area contributed by atoms with Crippen molar-refractivity contribution in [1.29, 1.82) is 0 Å². The van der Waals surface area contributed by atoms with E-state index in [1.165, 1.54) is 12.1 Å². The van der Waals surface area contributed by atoms with E-state index in [9.17, 15) is 18.0 Å². The lowest BCUT2D eigenvalue weighted by Gasteiger charge is -2.35. The molecule has 0 aliphatic heterocycles. The molecule has 0 atom stereocenters. The van der Waals surface area contributed by atoms with Crippen LogP contribution in [-0.4, -0.2) is 24.8 Å². The Labute approximate surface area is 133 Å². The SMILES string of the molecule is CC(C)COC(=O)NC1CC(Oc2ccc(C(F)(F)F)cc2)C1. The summed E-state index contributed by atoms with van der Waals surface area (Å²) in [5.74, 6) is 0.668. The van der Waals surface area contributed by atoms with Crippen LogP contribution < -0.4 is 10.1 Å². The summed E-state index contributed by atoms with van der Waals surface area (Å²) in [6, 6.07) is 4.58. The fourth-order valence-electron chi connectivity index (χ4n) is 2.15. The number of nitrogens with one attached hydrogen (secondary N) is 1. The molecule has 0 radical (unpaired) electrons. The molecule has 0 spiro atoms. The molecular weight excluding hydrogens is 311 g/mol. The normalized spacial score (nSPS) is 20.8. The molecule has 2 rings (SSSR count). The van der Waals surface area contributed by atoms with Gasteiger partial charge in [0.15, 0.2) is 0 Å². The van der Waals surface area contributed by atoms with Gasteiger partial charge in [-0.25, -0.2) is 4.79 Å². The van der Waals surface area contributed by atoms with E-state index in [4.69, 9.17) is 9.47 Å². The molecule has 1 aromatic carbocycles. The van der Waals surface area contributed by atoms with Crippen LogP contribution in [0, 0.1) is 5.92 Å². The highest BCUT2D eigenvalue weighted by molar-refractivity contribution is 5.67. The van der Waals surface area contributed by atoms with Crippen LogP contribution in [0.15, 0.2) is 24.3 Å². The van der Waals surface area contributed by atoms with Gasteiger partial charge in [0, 0.05) is 18.9 Å². The van der Waals surface area contributed by atoms with E-state index < -0.39 is 17.8 Å². The van der Waals surface area contributed by atoms with Crippen molar-refractivity contribution >= 4 is 6.09 Å². The number of halogens is 3. The number of hydrogen-bond donors (Lipinski definition) is 1. The first-order chi connectivity index (χ1) is 10.7. The van der Waals surface area contributed by atoms with Crippen molar-refractivity contribution in [1.82, 2.24) is 5.32 Å². The number of alkyl halides is 3. The second-order valence-electron chi connectivity index (χ2n) is 6.07. The molecule has 0 bridgehead atoms. The highest BCUT2D eigenvalue weighted by Crippen LogP contribution is 2.31. The van der Waals surface area contributed by atoms with Crippen LogP contribution >= 0.6 is 0 Å². The summed E-state index contributed by atoms with van der Waals surface area (Å²) >= 11 is 0. The first-order valence-corrected chi connectivity index (χ1v) is 7.51. The number of ether oxygens (including phenoxy) is 2. The molecule has 1 aromatic rings. The van der Waals surface area contributed by atoms with Gasteiger partial charge in [-0.3, -0.25) is 0 Å². The summed E-state index contributed by atoms with van der Waals surface area (Å²) in [7, 11) is 0. The summed E-state index contributed by atoms with van der Waals surface area (Å²) in [4.78, 5) is 11.5. The lowest BCUT2D eigenvalue weighted by molar-refractivity contribution is -0.137. The van der Waals surface area contributed by atoms with Crippen molar-refractivity contribution in [3.63, 3.8) is 0 Å². The van der Waals surface area contributed by atoms with Crippen molar-refractivity contribution in [2.75, 3.05) is 6.61 Å². The van der Waals surface area contributed by atoms with Gasteiger partial charge in [0.25, 0.3) is 0 Å². The Morgan fingerprint density at radius 2 is 1.87 bits per heavy atom. The van der Waals surface area contributed by atoms with E-state index in [-0.39, 0.29) is 18.1 Å². The smallest absolute Gasteiger partial charge is 0.416 e. The van der Waals surface area contributed by atoms with E-state index in [1.54, 1.807) is 0 Å². The zero-order valence-corrected chi connectivity index (χ0v) is 13.0. The largest absolute Gasteiger partial charge is 0.490 e. The van der Waals surface area contributed by atoms with Gasteiger partial charge >= 0.3 is 12.3 Å². The fourth-order valence-corrected chi connectivity index (χ4v) is 2.15. The van der Waals surface area contributed by atoms with E-state index in [0.29, 0.717) is 25.2 Å². The second-order valence-corrected chi connectivity index (χ2v) is 6.07. The highest BCUT2D eigenvalue weighted by atomic mass is 19.4. The summed E-state index contributed by atoms with van der Waals surface area (Å²) in [6.07, 6.45) is -3.69. The summed E-state index contributed by atoms with van der Waals surface area (Å²) in [6.45, 7) is 4.26. The third-order valence-electron chi connectivity index (χ3n) is 3.45. The summed E-state index contributed by atoms with van der Waals surface area (Å²) < 4.78 is 47.9. The topological polar surface area (TPSA) is 47.6 Å². The molecule has 1 N–H and O–H groups in total. The van der Waals surface area contributed by atoms with E-state index in [1.807, 2.05) is 13.8 Å². The molecule has 1 aliphatic carbocycles. The van der Waals surface area contributed by atoms with E-state index >= 15 is 0 Å². The van der Waals surface area contributed by atoms with Gasteiger partial charge in [-0.05, 0) is 30.2 Å².